The van der Waals surface area contributed by atoms with E-state index in [2.05, 4.69) is 5.32 Å². The third-order valence-corrected chi connectivity index (χ3v) is 2.82. The Hall–Kier alpha value is -2.22. The van der Waals surface area contributed by atoms with Gasteiger partial charge in [-0.25, -0.2) is 18.4 Å². The van der Waals surface area contributed by atoms with Gasteiger partial charge >= 0.3 is 12.1 Å². The van der Waals surface area contributed by atoms with Crippen LogP contribution in [0.25, 0.3) is 0 Å². The molecular formula is C16H21F2NO5. The van der Waals surface area contributed by atoms with Crippen molar-refractivity contribution in [1.82, 2.24) is 5.32 Å². The minimum atomic E-state index is -1.99. The average Bonchev–Trinajstić information content (AvgIpc) is 2.42. The van der Waals surface area contributed by atoms with Crippen molar-refractivity contribution in [2.45, 2.75) is 45.4 Å². The number of benzene rings is 1. The van der Waals surface area contributed by atoms with Gasteiger partial charge in [0.1, 0.15) is 23.3 Å². The quantitative estimate of drug-likeness (QED) is 0.801. The van der Waals surface area contributed by atoms with Gasteiger partial charge in [0.2, 0.25) is 0 Å². The highest BCUT2D eigenvalue weighted by Gasteiger charge is 2.35. The number of aliphatic hydroxyl groups is 1. The van der Waals surface area contributed by atoms with Crippen LogP contribution in [0.1, 0.15) is 39.4 Å². The number of esters is 1. The maximum absolute atomic E-state index is 13.8. The molecule has 1 aromatic carbocycles. The van der Waals surface area contributed by atoms with Crippen LogP contribution in [0.2, 0.25) is 0 Å². The largest absolute Gasteiger partial charge is 0.464 e. The second-order valence-electron chi connectivity index (χ2n) is 5.96. The Balaban J connectivity index is 3.09. The van der Waals surface area contributed by atoms with Gasteiger partial charge in [-0.2, -0.15) is 0 Å². The first kappa shape index (κ1) is 19.8. The maximum Gasteiger partial charge on any atom is 0.408 e. The van der Waals surface area contributed by atoms with Gasteiger partial charge in [0.15, 0.2) is 6.04 Å². The van der Waals surface area contributed by atoms with Gasteiger partial charge in [-0.1, -0.05) is 6.07 Å². The monoisotopic (exact) mass is 345 g/mol. The van der Waals surface area contributed by atoms with Gasteiger partial charge in [-0.3, -0.25) is 0 Å². The molecule has 6 nitrogen and oxygen atoms in total. The van der Waals surface area contributed by atoms with Crippen LogP contribution in [-0.4, -0.2) is 35.4 Å². The fourth-order valence-electron chi connectivity index (χ4n) is 1.89. The molecule has 0 aliphatic rings. The molecule has 0 unspecified atom stereocenters. The Bertz CT molecular complexity index is 580. The molecule has 24 heavy (non-hydrogen) atoms. The minimum absolute atomic E-state index is 0.0438. The number of rotatable bonds is 5. The van der Waals surface area contributed by atoms with Crippen molar-refractivity contribution in [2.24, 2.45) is 0 Å². The van der Waals surface area contributed by atoms with Gasteiger partial charge in [-0.05, 0) is 39.8 Å². The number of halogens is 2. The van der Waals surface area contributed by atoms with E-state index < -0.39 is 47.0 Å². The highest BCUT2D eigenvalue weighted by molar-refractivity contribution is 5.82. The SMILES string of the molecule is CCOC(=O)[C@@H](NC(=O)OC(C)(C)C)[C@H](O)c1c(F)cccc1F. The van der Waals surface area contributed by atoms with Crippen LogP contribution in [-0.2, 0) is 14.3 Å². The molecule has 0 heterocycles. The van der Waals surface area contributed by atoms with E-state index in [4.69, 9.17) is 9.47 Å². The molecule has 0 fully saturated rings. The fraction of sp³-hybridized carbons (Fsp3) is 0.500. The van der Waals surface area contributed by atoms with Crippen molar-refractivity contribution in [3.05, 3.63) is 35.4 Å². The van der Waals surface area contributed by atoms with E-state index in [1.54, 1.807) is 20.8 Å². The van der Waals surface area contributed by atoms with Crippen molar-refractivity contribution in [2.75, 3.05) is 6.61 Å². The van der Waals surface area contributed by atoms with Crippen LogP contribution in [0, 0.1) is 11.6 Å². The third-order valence-electron chi connectivity index (χ3n) is 2.82. The summed E-state index contributed by atoms with van der Waals surface area (Å²) in [6.45, 7) is 6.26. The van der Waals surface area contributed by atoms with Crippen molar-refractivity contribution < 1.29 is 33.0 Å². The molecule has 1 rings (SSSR count). The van der Waals surface area contributed by atoms with Crippen LogP contribution >= 0.6 is 0 Å². The first-order valence-electron chi connectivity index (χ1n) is 7.35. The number of carbonyl (C=O) groups excluding carboxylic acids is 2. The summed E-state index contributed by atoms with van der Waals surface area (Å²) in [5.41, 5.74) is -1.61. The Morgan fingerprint density at radius 2 is 1.79 bits per heavy atom. The summed E-state index contributed by atoms with van der Waals surface area (Å²) in [4.78, 5) is 23.8. The first-order valence-corrected chi connectivity index (χ1v) is 7.35. The molecule has 2 atom stereocenters. The summed E-state index contributed by atoms with van der Waals surface area (Å²) in [6.07, 6.45) is -3.02. The van der Waals surface area contributed by atoms with E-state index in [9.17, 15) is 23.5 Å². The Kier molecular flexibility index (Phi) is 6.65. The summed E-state index contributed by atoms with van der Waals surface area (Å²) < 4.78 is 37.4. The molecule has 1 amide bonds. The highest BCUT2D eigenvalue weighted by Crippen LogP contribution is 2.24. The lowest BCUT2D eigenvalue weighted by Gasteiger charge is -2.26. The molecule has 0 saturated heterocycles. The van der Waals surface area contributed by atoms with Gasteiger partial charge in [0.25, 0.3) is 0 Å². The minimum Gasteiger partial charge on any atom is -0.464 e. The predicted octanol–water partition coefficient (Wildman–Crippen LogP) is 2.45. The second kappa shape index (κ2) is 8.05. The zero-order valence-electron chi connectivity index (χ0n) is 13.9. The maximum atomic E-state index is 13.8. The van der Waals surface area contributed by atoms with Crippen LogP contribution < -0.4 is 5.32 Å². The fourth-order valence-corrected chi connectivity index (χ4v) is 1.89. The van der Waals surface area contributed by atoms with Crippen molar-refractivity contribution >= 4 is 12.1 Å². The molecule has 8 heteroatoms. The number of alkyl carbamates (subject to hydrolysis) is 1. The number of hydrogen-bond donors (Lipinski definition) is 2. The normalized spacial score (nSPS) is 13.8. The van der Waals surface area contributed by atoms with E-state index in [1.165, 1.54) is 6.92 Å². The molecule has 134 valence electrons. The predicted molar refractivity (Wildman–Crippen MR) is 81.1 cm³/mol. The van der Waals surface area contributed by atoms with E-state index in [0.717, 1.165) is 18.2 Å². The smallest absolute Gasteiger partial charge is 0.408 e. The number of aliphatic hydroxyl groups excluding tert-OH is 1. The Labute approximate surface area is 138 Å². The second-order valence-corrected chi connectivity index (χ2v) is 5.96. The van der Waals surface area contributed by atoms with Gasteiger partial charge < -0.3 is 19.9 Å². The number of carbonyl (C=O) groups is 2. The zero-order valence-corrected chi connectivity index (χ0v) is 13.9. The van der Waals surface area contributed by atoms with Gasteiger partial charge in [-0.15, -0.1) is 0 Å². The summed E-state index contributed by atoms with van der Waals surface area (Å²) >= 11 is 0. The Morgan fingerprint density at radius 3 is 2.25 bits per heavy atom. The number of ether oxygens (including phenoxy) is 2. The standard InChI is InChI=1S/C16H21F2NO5/c1-5-23-14(21)12(19-15(22)24-16(2,3)4)13(20)11-9(17)7-6-8-10(11)18/h6-8,12-13,20H,5H2,1-4H3,(H,19,22)/t12-,13+/m0/s1. The molecule has 0 aromatic heterocycles. The number of hydrogen-bond acceptors (Lipinski definition) is 5. The van der Waals surface area contributed by atoms with Gasteiger partial charge in [0.05, 0.1) is 12.2 Å². The molecule has 2 N–H and O–H groups in total. The third kappa shape index (κ3) is 5.45. The summed E-state index contributed by atoms with van der Waals surface area (Å²) in [5.74, 6) is -3.15. The molecule has 0 radical (unpaired) electrons. The summed E-state index contributed by atoms with van der Waals surface area (Å²) in [6, 6.07) is 1.24. The average molecular weight is 345 g/mol. The Morgan fingerprint density at radius 1 is 1.25 bits per heavy atom. The first-order chi connectivity index (χ1) is 11.1. The summed E-state index contributed by atoms with van der Waals surface area (Å²) in [5, 5.41) is 12.3. The zero-order chi connectivity index (χ0) is 18.5. The van der Waals surface area contributed by atoms with Gasteiger partial charge in [0, 0.05) is 0 Å². The van der Waals surface area contributed by atoms with E-state index in [-0.39, 0.29) is 6.61 Å². The molecule has 1 aromatic rings. The van der Waals surface area contributed by atoms with Crippen molar-refractivity contribution in [1.29, 1.82) is 0 Å². The lowest BCUT2D eigenvalue weighted by Crippen LogP contribution is -2.48. The topological polar surface area (TPSA) is 84.9 Å². The molecule has 0 bridgehead atoms. The van der Waals surface area contributed by atoms with E-state index in [0.29, 0.717) is 0 Å². The molecule has 0 spiro atoms. The van der Waals surface area contributed by atoms with Crippen molar-refractivity contribution in [3.63, 3.8) is 0 Å². The molecular weight excluding hydrogens is 324 g/mol. The summed E-state index contributed by atoms with van der Waals surface area (Å²) in [7, 11) is 0. The van der Waals surface area contributed by atoms with E-state index >= 15 is 0 Å². The lowest BCUT2D eigenvalue weighted by atomic mass is 10.0. The van der Waals surface area contributed by atoms with Crippen molar-refractivity contribution in [3.8, 4) is 0 Å². The van der Waals surface area contributed by atoms with Crippen LogP contribution in [0.4, 0.5) is 13.6 Å². The number of amides is 1. The highest BCUT2D eigenvalue weighted by atomic mass is 19.1. The molecule has 0 aliphatic carbocycles. The number of nitrogens with one attached hydrogen (secondary N) is 1. The molecule has 0 saturated carbocycles. The van der Waals surface area contributed by atoms with Crippen LogP contribution in [0.15, 0.2) is 18.2 Å². The molecule has 0 aliphatic heterocycles. The van der Waals surface area contributed by atoms with Crippen LogP contribution in [0.5, 0.6) is 0 Å². The van der Waals surface area contributed by atoms with Crippen LogP contribution in [0.3, 0.4) is 0 Å². The lowest BCUT2D eigenvalue weighted by molar-refractivity contribution is -0.149. The van der Waals surface area contributed by atoms with E-state index in [1.807, 2.05) is 0 Å².